The Bertz CT molecular complexity index is 454. The second kappa shape index (κ2) is 4.79. The Balaban J connectivity index is 3.10. The minimum absolute atomic E-state index is 0.106. The monoisotopic (exact) mass is 257 g/mol. The number of nitrogens with two attached hydrogens (primary N) is 1. The summed E-state index contributed by atoms with van der Waals surface area (Å²) in [6, 6.07) is 0. The minimum atomic E-state index is -0.931. The zero-order chi connectivity index (χ0) is 13.2. The largest absolute Gasteiger partial charge is 0.481 e. The van der Waals surface area contributed by atoms with Crippen molar-refractivity contribution in [1.82, 2.24) is 9.55 Å². The van der Waals surface area contributed by atoms with Crippen molar-refractivity contribution in [2.45, 2.75) is 31.5 Å². The van der Waals surface area contributed by atoms with Crippen LogP contribution < -0.4 is 5.73 Å². The van der Waals surface area contributed by atoms with Gasteiger partial charge in [-0.1, -0.05) is 11.8 Å². The Morgan fingerprint density at radius 1 is 1.59 bits per heavy atom. The van der Waals surface area contributed by atoms with Crippen LogP contribution in [0.4, 0.5) is 0 Å². The van der Waals surface area contributed by atoms with Gasteiger partial charge in [-0.25, -0.2) is 4.98 Å². The van der Waals surface area contributed by atoms with Gasteiger partial charge in [0, 0.05) is 11.9 Å². The third kappa shape index (κ3) is 2.79. The van der Waals surface area contributed by atoms with Crippen LogP contribution in [0.1, 0.15) is 19.5 Å². The van der Waals surface area contributed by atoms with E-state index in [0.717, 1.165) is 17.5 Å². The standard InChI is InChI=1S/C10H15N3O3S/c1-6-4-12-9(17-5-7(14)15)13(6)10(2,3)8(11)16/h4H,5H2,1-3H3,(H2,11,16)(H,14,15). The number of carboxylic acid groups (broad SMARTS) is 1. The summed E-state index contributed by atoms with van der Waals surface area (Å²) in [7, 11) is 0. The maximum absolute atomic E-state index is 11.4. The molecule has 94 valence electrons. The Labute approximate surface area is 103 Å². The fraction of sp³-hybridized carbons (Fsp3) is 0.500. The van der Waals surface area contributed by atoms with Gasteiger partial charge in [0.15, 0.2) is 5.16 Å². The molecule has 0 saturated carbocycles. The van der Waals surface area contributed by atoms with E-state index < -0.39 is 17.4 Å². The first-order valence-electron chi connectivity index (χ1n) is 4.96. The van der Waals surface area contributed by atoms with Gasteiger partial charge < -0.3 is 15.4 Å². The first kappa shape index (κ1) is 13.6. The molecule has 0 fully saturated rings. The topological polar surface area (TPSA) is 98.2 Å². The highest BCUT2D eigenvalue weighted by Crippen LogP contribution is 2.26. The summed E-state index contributed by atoms with van der Waals surface area (Å²) in [6.07, 6.45) is 1.59. The lowest BCUT2D eigenvalue weighted by Gasteiger charge is -2.26. The Morgan fingerprint density at radius 3 is 2.65 bits per heavy atom. The summed E-state index contributed by atoms with van der Waals surface area (Å²) in [6.45, 7) is 5.15. The Kier molecular flexibility index (Phi) is 3.82. The lowest BCUT2D eigenvalue weighted by Crippen LogP contribution is -2.42. The van der Waals surface area contributed by atoms with Crippen LogP contribution in [0.5, 0.6) is 0 Å². The molecule has 0 saturated heterocycles. The van der Waals surface area contributed by atoms with E-state index in [-0.39, 0.29) is 5.75 Å². The summed E-state index contributed by atoms with van der Waals surface area (Å²) in [4.78, 5) is 26.0. The molecule has 0 aliphatic rings. The van der Waals surface area contributed by atoms with Crippen molar-refractivity contribution in [3.8, 4) is 0 Å². The number of aromatic nitrogens is 2. The molecular weight excluding hydrogens is 242 g/mol. The fourth-order valence-electron chi connectivity index (χ4n) is 1.43. The lowest BCUT2D eigenvalue weighted by atomic mass is 10.0. The normalized spacial score (nSPS) is 11.5. The van der Waals surface area contributed by atoms with Gasteiger partial charge in [-0.05, 0) is 20.8 Å². The van der Waals surface area contributed by atoms with Crippen LogP contribution in [-0.4, -0.2) is 32.3 Å². The fourth-order valence-corrected chi connectivity index (χ4v) is 2.31. The molecule has 0 aromatic carbocycles. The van der Waals surface area contributed by atoms with E-state index in [9.17, 15) is 9.59 Å². The van der Waals surface area contributed by atoms with E-state index in [2.05, 4.69) is 4.98 Å². The molecule has 1 aromatic heterocycles. The maximum atomic E-state index is 11.4. The Hall–Kier alpha value is -1.50. The molecule has 0 bridgehead atoms. The van der Waals surface area contributed by atoms with E-state index in [1.807, 2.05) is 0 Å². The highest BCUT2D eigenvalue weighted by atomic mass is 32.2. The summed E-state index contributed by atoms with van der Waals surface area (Å²) >= 11 is 1.06. The highest BCUT2D eigenvalue weighted by Gasteiger charge is 2.31. The molecule has 7 heteroatoms. The molecule has 17 heavy (non-hydrogen) atoms. The zero-order valence-corrected chi connectivity index (χ0v) is 10.7. The third-order valence-electron chi connectivity index (χ3n) is 2.39. The van der Waals surface area contributed by atoms with Gasteiger partial charge in [-0.15, -0.1) is 0 Å². The van der Waals surface area contributed by atoms with Gasteiger partial charge in [0.2, 0.25) is 5.91 Å². The third-order valence-corrected chi connectivity index (χ3v) is 3.33. The molecule has 0 atom stereocenters. The molecular formula is C10H15N3O3S. The Morgan fingerprint density at radius 2 is 2.18 bits per heavy atom. The second-order valence-electron chi connectivity index (χ2n) is 4.12. The second-order valence-corrected chi connectivity index (χ2v) is 5.07. The number of primary amides is 1. The first-order chi connectivity index (χ1) is 7.76. The van der Waals surface area contributed by atoms with Gasteiger partial charge >= 0.3 is 5.97 Å². The summed E-state index contributed by atoms with van der Waals surface area (Å²) in [5.41, 5.74) is 5.18. The zero-order valence-electron chi connectivity index (χ0n) is 9.93. The molecule has 0 radical (unpaired) electrons. The number of thioether (sulfide) groups is 1. The predicted octanol–water partition coefficient (Wildman–Crippen LogP) is 0.589. The smallest absolute Gasteiger partial charge is 0.313 e. The van der Waals surface area contributed by atoms with Crippen molar-refractivity contribution >= 4 is 23.6 Å². The van der Waals surface area contributed by atoms with E-state index in [4.69, 9.17) is 10.8 Å². The summed E-state index contributed by atoms with van der Waals surface area (Å²) < 4.78 is 1.66. The van der Waals surface area contributed by atoms with Crippen molar-refractivity contribution in [2.75, 3.05) is 5.75 Å². The number of aliphatic carboxylic acids is 1. The molecule has 3 N–H and O–H groups in total. The van der Waals surface area contributed by atoms with Crippen molar-refractivity contribution in [2.24, 2.45) is 5.73 Å². The molecule has 6 nitrogen and oxygen atoms in total. The number of carboxylic acids is 1. The quantitative estimate of drug-likeness (QED) is 0.752. The maximum Gasteiger partial charge on any atom is 0.313 e. The molecule has 0 aliphatic carbocycles. The molecule has 1 aromatic rings. The van der Waals surface area contributed by atoms with Crippen molar-refractivity contribution in [1.29, 1.82) is 0 Å². The van der Waals surface area contributed by atoms with Crippen LogP contribution in [0.25, 0.3) is 0 Å². The van der Waals surface area contributed by atoms with Crippen LogP contribution in [0.2, 0.25) is 0 Å². The van der Waals surface area contributed by atoms with E-state index in [1.54, 1.807) is 31.5 Å². The van der Waals surface area contributed by atoms with Gasteiger partial charge in [0.05, 0.1) is 5.75 Å². The molecule has 0 spiro atoms. The molecule has 0 unspecified atom stereocenters. The van der Waals surface area contributed by atoms with E-state index >= 15 is 0 Å². The van der Waals surface area contributed by atoms with Gasteiger partial charge in [-0.2, -0.15) is 0 Å². The number of imidazole rings is 1. The summed E-state index contributed by atoms with van der Waals surface area (Å²) in [5, 5.41) is 9.12. The van der Waals surface area contributed by atoms with Gasteiger partial charge in [0.1, 0.15) is 5.54 Å². The van der Waals surface area contributed by atoms with Crippen LogP contribution >= 0.6 is 11.8 Å². The van der Waals surface area contributed by atoms with Crippen molar-refractivity contribution in [3.05, 3.63) is 11.9 Å². The van der Waals surface area contributed by atoms with Crippen LogP contribution in [-0.2, 0) is 15.1 Å². The van der Waals surface area contributed by atoms with Crippen LogP contribution in [0, 0.1) is 6.92 Å². The van der Waals surface area contributed by atoms with Crippen molar-refractivity contribution < 1.29 is 14.7 Å². The number of hydrogen-bond donors (Lipinski definition) is 2. The number of nitrogens with zero attached hydrogens (tertiary/aromatic N) is 2. The van der Waals surface area contributed by atoms with Gasteiger partial charge in [0.25, 0.3) is 0 Å². The van der Waals surface area contributed by atoms with Crippen molar-refractivity contribution in [3.63, 3.8) is 0 Å². The molecule has 1 amide bonds. The van der Waals surface area contributed by atoms with E-state index in [0.29, 0.717) is 5.16 Å². The number of carbonyl (C=O) groups is 2. The molecule has 1 heterocycles. The SMILES string of the molecule is Cc1cnc(SCC(=O)O)n1C(C)(C)C(N)=O. The molecule has 1 rings (SSSR count). The summed E-state index contributed by atoms with van der Waals surface area (Å²) in [5.74, 6) is -1.53. The number of amides is 1. The highest BCUT2D eigenvalue weighted by molar-refractivity contribution is 7.99. The predicted molar refractivity (Wildman–Crippen MR) is 63.8 cm³/mol. The average Bonchev–Trinajstić information content (AvgIpc) is 2.56. The minimum Gasteiger partial charge on any atom is -0.481 e. The van der Waals surface area contributed by atoms with Crippen LogP contribution in [0.3, 0.4) is 0 Å². The number of hydrogen-bond acceptors (Lipinski definition) is 4. The van der Waals surface area contributed by atoms with Crippen LogP contribution in [0.15, 0.2) is 11.4 Å². The lowest BCUT2D eigenvalue weighted by molar-refractivity contribution is -0.133. The first-order valence-corrected chi connectivity index (χ1v) is 5.94. The van der Waals surface area contributed by atoms with Gasteiger partial charge in [-0.3, -0.25) is 9.59 Å². The average molecular weight is 257 g/mol. The number of rotatable bonds is 5. The number of aryl methyl sites for hydroxylation is 1. The number of carbonyl (C=O) groups excluding carboxylic acids is 1. The molecule has 0 aliphatic heterocycles. The van der Waals surface area contributed by atoms with E-state index in [1.165, 1.54) is 0 Å².